The van der Waals surface area contributed by atoms with Gasteiger partial charge in [-0.2, -0.15) is 0 Å². The number of carbonyl (C=O) groups is 1. The first-order valence-corrected chi connectivity index (χ1v) is 5.82. The van der Waals surface area contributed by atoms with Crippen LogP contribution in [0, 0.1) is 0 Å². The smallest absolute Gasteiger partial charge is 0.244 e. The summed E-state index contributed by atoms with van der Waals surface area (Å²) in [6, 6.07) is 0. The largest absolute Gasteiger partial charge is 0.326 e. The van der Waals surface area contributed by atoms with Gasteiger partial charge in [0.05, 0.1) is 11.7 Å². The molecule has 0 aromatic carbocycles. The number of unbranched alkanes of at least 4 members (excludes halogenated alkanes) is 1. The second kappa shape index (κ2) is 3.54. The lowest BCUT2D eigenvalue weighted by Gasteiger charge is -2.22. The van der Waals surface area contributed by atoms with Crippen LogP contribution in [0.25, 0.3) is 0 Å². The van der Waals surface area contributed by atoms with Crippen molar-refractivity contribution in [1.82, 2.24) is 10.2 Å². The number of carbonyl (C=O) groups excluding carboxylic acids is 1. The molecule has 1 amide bonds. The van der Waals surface area contributed by atoms with E-state index in [1.807, 2.05) is 0 Å². The highest BCUT2D eigenvalue weighted by molar-refractivity contribution is 5.91. The lowest BCUT2D eigenvalue weighted by Crippen LogP contribution is -2.37. The third-order valence-electron chi connectivity index (χ3n) is 3.38. The van der Waals surface area contributed by atoms with Crippen molar-refractivity contribution in [1.29, 1.82) is 0 Å². The zero-order chi connectivity index (χ0) is 10.2. The fourth-order valence-corrected chi connectivity index (χ4v) is 2.27. The summed E-state index contributed by atoms with van der Waals surface area (Å²) in [4.78, 5) is 14.1. The second-order valence-electron chi connectivity index (χ2n) is 4.50. The van der Waals surface area contributed by atoms with Crippen LogP contribution in [0.5, 0.6) is 0 Å². The third kappa shape index (κ3) is 1.44. The first-order chi connectivity index (χ1) is 6.73. The summed E-state index contributed by atoms with van der Waals surface area (Å²) >= 11 is 0. The molecule has 0 aromatic heterocycles. The lowest BCUT2D eigenvalue weighted by atomic mass is 10.2. The molecule has 80 valence electrons. The van der Waals surface area contributed by atoms with Crippen molar-refractivity contribution < 1.29 is 4.79 Å². The zero-order valence-corrected chi connectivity index (χ0v) is 9.18. The van der Waals surface area contributed by atoms with E-state index in [0.29, 0.717) is 12.1 Å². The second-order valence-corrected chi connectivity index (χ2v) is 4.50. The monoisotopic (exact) mass is 196 g/mol. The molecule has 2 rings (SSSR count). The highest BCUT2D eigenvalue weighted by Gasteiger charge is 2.58. The number of nitrogens with one attached hydrogen (secondary N) is 1. The van der Waals surface area contributed by atoms with E-state index in [0.717, 1.165) is 38.6 Å². The first kappa shape index (κ1) is 9.97. The van der Waals surface area contributed by atoms with Gasteiger partial charge in [-0.3, -0.25) is 10.1 Å². The molecule has 1 saturated carbocycles. The molecule has 0 bridgehead atoms. The molecule has 2 aliphatic rings. The molecule has 1 heterocycles. The first-order valence-electron chi connectivity index (χ1n) is 5.82. The van der Waals surface area contributed by atoms with Gasteiger partial charge in [0.25, 0.3) is 0 Å². The van der Waals surface area contributed by atoms with Gasteiger partial charge in [-0.15, -0.1) is 0 Å². The molecule has 1 aliphatic heterocycles. The van der Waals surface area contributed by atoms with Crippen LogP contribution in [0.15, 0.2) is 0 Å². The number of amides is 1. The van der Waals surface area contributed by atoms with Gasteiger partial charge < -0.3 is 4.90 Å². The molecule has 1 N–H and O–H groups in total. The topological polar surface area (TPSA) is 32.3 Å². The van der Waals surface area contributed by atoms with Gasteiger partial charge in [-0.05, 0) is 25.7 Å². The number of hydrogen-bond donors (Lipinski definition) is 1. The SMILES string of the molecule is CCCCN1C(=O)C2(CC2)NC1CC. The van der Waals surface area contributed by atoms with Crippen LogP contribution >= 0.6 is 0 Å². The zero-order valence-electron chi connectivity index (χ0n) is 9.18. The highest BCUT2D eigenvalue weighted by atomic mass is 16.2. The number of nitrogens with zero attached hydrogens (tertiary/aromatic N) is 1. The molecule has 1 unspecified atom stereocenters. The van der Waals surface area contributed by atoms with Crippen molar-refractivity contribution in [2.24, 2.45) is 0 Å². The van der Waals surface area contributed by atoms with Crippen LogP contribution < -0.4 is 5.32 Å². The standard InChI is InChI=1S/C11H20N2O/c1-3-5-8-13-9(4-2)12-11(6-7-11)10(13)14/h9,12H,3-8H2,1-2H3. The quantitative estimate of drug-likeness (QED) is 0.738. The van der Waals surface area contributed by atoms with E-state index in [4.69, 9.17) is 0 Å². The fraction of sp³-hybridized carbons (Fsp3) is 0.909. The maximum atomic E-state index is 12.0. The summed E-state index contributed by atoms with van der Waals surface area (Å²) in [6.07, 6.45) is 5.71. The van der Waals surface area contributed by atoms with Gasteiger partial charge >= 0.3 is 0 Å². The Kier molecular flexibility index (Phi) is 2.52. The molecule has 1 saturated heterocycles. The number of rotatable bonds is 4. The summed E-state index contributed by atoms with van der Waals surface area (Å²) in [6.45, 7) is 5.25. The minimum atomic E-state index is -0.117. The summed E-state index contributed by atoms with van der Waals surface area (Å²) in [7, 11) is 0. The van der Waals surface area contributed by atoms with Gasteiger partial charge in [0.2, 0.25) is 5.91 Å². The maximum absolute atomic E-state index is 12.0. The Labute approximate surface area is 85.8 Å². The van der Waals surface area contributed by atoms with Crippen LogP contribution in [-0.2, 0) is 4.79 Å². The van der Waals surface area contributed by atoms with E-state index in [-0.39, 0.29) is 5.54 Å². The van der Waals surface area contributed by atoms with Crippen molar-refractivity contribution in [3.05, 3.63) is 0 Å². The number of hydrogen-bond acceptors (Lipinski definition) is 2. The van der Waals surface area contributed by atoms with E-state index >= 15 is 0 Å². The molecular weight excluding hydrogens is 176 g/mol. The van der Waals surface area contributed by atoms with E-state index in [1.165, 1.54) is 0 Å². The highest BCUT2D eigenvalue weighted by Crippen LogP contribution is 2.42. The summed E-state index contributed by atoms with van der Waals surface area (Å²) in [5, 5.41) is 3.48. The molecule has 1 atom stereocenters. The summed E-state index contributed by atoms with van der Waals surface area (Å²) in [5.41, 5.74) is -0.117. The molecule has 0 aromatic rings. The Morgan fingerprint density at radius 1 is 1.50 bits per heavy atom. The van der Waals surface area contributed by atoms with Crippen LogP contribution in [0.4, 0.5) is 0 Å². The van der Waals surface area contributed by atoms with Crippen molar-refractivity contribution in [3.8, 4) is 0 Å². The van der Waals surface area contributed by atoms with Crippen LogP contribution in [0.2, 0.25) is 0 Å². The molecule has 1 spiro atoms. The minimum Gasteiger partial charge on any atom is -0.326 e. The molecule has 3 nitrogen and oxygen atoms in total. The molecule has 2 fully saturated rings. The van der Waals surface area contributed by atoms with Crippen LogP contribution in [0.1, 0.15) is 46.0 Å². The lowest BCUT2D eigenvalue weighted by molar-refractivity contribution is -0.130. The van der Waals surface area contributed by atoms with E-state index in [2.05, 4.69) is 24.1 Å². The summed E-state index contributed by atoms with van der Waals surface area (Å²) in [5.74, 6) is 0.359. The molecule has 14 heavy (non-hydrogen) atoms. The van der Waals surface area contributed by atoms with Gasteiger partial charge in [-0.1, -0.05) is 20.3 Å². The molecule has 3 heteroatoms. The predicted molar refractivity (Wildman–Crippen MR) is 55.8 cm³/mol. The van der Waals surface area contributed by atoms with E-state index in [1.54, 1.807) is 0 Å². The Bertz CT molecular complexity index is 235. The van der Waals surface area contributed by atoms with E-state index in [9.17, 15) is 4.79 Å². The molecule has 1 aliphatic carbocycles. The normalized spacial score (nSPS) is 28.9. The fourth-order valence-electron chi connectivity index (χ4n) is 2.27. The van der Waals surface area contributed by atoms with Crippen molar-refractivity contribution >= 4 is 5.91 Å². The van der Waals surface area contributed by atoms with Gasteiger partial charge in [0, 0.05) is 6.54 Å². The van der Waals surface area contributed by atoms with Crippen molar-refractivity contribution in [2.45, 2.75) is 57.7 Å². The van der Waals surface area contributed by atoms with Gasteiger partial charge in [-0.25, -0.2) is 0 Å². The Balaban J connectivity index is 2.01. The Morgan fingerprint density at radius 3 is 2.71 bits per heavy atom. The summed E-state index contributed by atoms with van der Waals surface area (Å²) < 4.78 is 0. The predicted octanol–water partition coefficient (Wildman–Crippen LogP) is 1.49. The van der Waals surface area contributed by atoms with Crippen molar-refractivity contribution in [2.75, 3.05) is 6.54 Å². The van der Waals surface area contributed by atoms with E-state index < -0.39 is 0 Å². The average molecular weight is 196 g/mol. The Hall–Kier alpha value is -0.570. The van der Waals surface area contributed by atoms with Crippen molar-refractivity contribution in [3.63, 3.8) is 0 Å². The van der Waals surface area contributed by atoms with Gasteiger partial charge in [0.1, 0.15) is 0 Å². The average Bonchev–Trinajstić information content (AvgIpc) is 2.91. The minimum absolute atomic E-state index is 0.117. The van der Waals surface area contributed by atoms with Crippen LogP contribution in [-0.4, -0.2) is 29.1 Å². The Morgan fingerprint density at radius 2 is 2.21 bits per heavy atom. The molecular formula is C11H20N2O. The van der Waals surface area contributed by atoms with Gasteiger partial charge in [0.15, 0.2) is 0 Å². The van der Waals surface area contributed by atoms with Crippen LogP contribution in [0.3, 0.4) is 0 Å². The molecule has 0 radical (unpaired) electrons. The third-order valence-corrected chi connectivity index (χ3v) is 3.38. The maximum Gasteiger partial charge on any atom is 0.244 e.